The molecular formula is C12H14O6. The zero-order valence-electron chi connectivity index (χ0n) is 9.67. The predicted molar refractivity (Wildman–Crippen MR) is 61.2 cm³/mol. The maximum atomic E-state index is 11.3. The molecule has 0 unspecified atom stereocenters. The third kappa shape index (κ3) is 4.15. The summed E-state index contributed by atoms with van der Waals surface area (Å²) in [5, 5.41) is 15.2. The van der Waals surface area contributed by atoms with Crippen molar-refractivity contribution in [2.45, 2.75) is 0 Å². The van der Waals surface area contributed by atoms with Crippen LogP contribution >= 0.6 is 0 Å². The van der Waals surface area contributed by atoms with Gasteiger partial charge in [0, 0.05) is 0 Å². The molecule has 0 radical (unpaired) electrons. The Morgan fingerprint density at radius 3 is 1.78 bits per heavy atom. The highest BCUT2D eigenvalue weighted by atomic mass is 16.6. The number of rotatable bonds is 1. The highest BCUT2D eigenvalue weighted by Gasteiger charge is 2.14. The van der Waals surface area contributed by atoms with E-state index in [1.165, 1.54) is 6.07 Å². The molecule has 98 valence electrons. The summed E-state index contributed by atoms with van der Waals surface area (Å²) >= 11 is 0. The predicted octanol–water partition coefficient (Wildman–Crippen LogP) is -0.0152. The fraction of sp³-hybridized carbons (Fsp3) is 0.333. The molecule has 0 spiro atoms. The monoisotopic (exact) mass is 254 g/mol. The summed E-state index contributed by atoms with van der Waals surface area (Å²) in [6, 6.07) is 6.30. The Morgan fingerprint density at radius 2 is 1.39 bits per heavy atom. The normalized spacial score (nSPS) is 14.1. The molecule has 6 heteroatoms. The van der Waals surface area contributed by atoms with Gasteiger partial charge in [-0.15, -0.1) is 0 Å². The molecule has 1 aromatic rings. The van der Waals surface area contributed by atoms with Crippen LogP contribution < -0.4 is 0 Å². The van der Waals surface area contributed by atoms with E-state index in [2.05, 4.69) is 0 Å². The minimum atomic E-state index is -0.426. The van der Waals surface area contributed by atoms with Crippen LogP contribution in [0.2, 0.25) is 0 Å². The van der Waals surface area contributed by atoms with Crippen molar-refractivity contribution in [3.8, 4) is 0 Å². The quantitative estimate of drug-likeness (QED) is 0.684. The largest absolute Gasteiger partial charge is 0.458 e. The van der Waals surface area contributed by atoms with Gasteiger partial charge < -0.3 is 19.7 Å². The van der Waals surface area contributed by atoms with Gasteiger partial charge in [-0.05, 0) is 18.2 Å². The number of carbonyl (C=O) groups excluding carboxylic acids is 2. The minimum Gasteiger partial charge on any atom is -0.458 e. The number of esters is 2. The summed E-state index contributed by atoms with van der Waals surface area (Å²) in [4.78, 5) is 22.6. The van der Waals surface area contributed by atoms with Crippen LogP contribution in [0.1, 0.15) is 20.7 Å². The van der Waals surface area contributed by atoms with Crippen LogP contribution in [0.4, 0.5) is 0 Å². The van der Waals surface area contributed by atoms with Gasteiger partial charge in [0.05, 0.1) is 24.3 Å². The lowest BCUT2D eigenvalue weighted by Crippen LogP contribution is -2.10. The van der Waals surface area contributed by atoms with E-state index in [-0.39, 0.29) is 26.4 Å². The molecule has 2 rings (SSSR count). The lowest BCUT2D eigenvalue weighted by Gasteiger charge is -2.01. The molecule has 1 aliphatic rings. The number of ether oxygens (including phenoxy) is 2. The van der Waals surface area contributed by atoms with Crippen LogP contribution in [-0.4, -0.2) is 48.6 Å². The molecule has 0 saturated carbocycles. The molecule has 0 atom stereocenters. The van der Waals surface area contributed by atoms with E-state index < -0.39 is 11.9 Å². The third-order valence-corrected chi connectivity index (χ3v) is 1.98. The second-order valence-corrected chi connectivity index (χ2v) is 3.30. The van der Waals surface area contributed by atoms with Crippen LogP contribution in [0.3, 0.4) is 0 Å². The Bertz CT molecular complexity index is 380. The molecule has 18 heavy (non-hydrogen) atoms. The number of cyclic esters (lactones) is 2. The van der Waals surface area contributed by atoms with Gasteiger partial charge in [-0.3, -0.25) is 0 Å². The van der Waals surface area contributed by atoms with Crippen LogP contribution in [0.15, 0.2) is 24.3 Å². The van der Waals surface area contributed by atoms with Crippen molar-refractivity contribution in [1.82, 2.24) is 0 Å². The van der Waals surface area contributed by atoms with Crippen molar-refractivity contribution in [1.29, 1.82) is 0 Å². The maximum Gasteiger partial charge on any atom is 0.338 e. The number of aliphatic hydroxyl groups excluding tert-OH is 2. The third-order valence-electron chi connectivity index (χ3n) is 1.98. The van der Waals surface area contributed by atoms with Crippen molar-refractivity contribution in [2.75, 3.05) is 26.4 Å². The number of fused-ring (bicyclic) bond motifs is 2. The highest BCUT2D eigenvalue weighted by Crippen LogP contribution is 2.10. The standard InChI is InChI=1S/C10H8O4.C2H6O2/c11-9-7-2-1-3-8(6-7)10(12)14-5-4-13-9;3-1-2-4/h1-3,6H,4-5H2;3-4H,1-2H2. The molecule has 0 saturated heterocycles. The summed E-state index contributed by atoms with van der Waals surface area (Å²) in [7, 11) is 0. The second kappa shape index (κ2) is 7.41. The van der Waals surface area contributed by atoms with Gasteiger partial charge in [0.1, 0.15) is 13.2 Å². The first-order valence-electron chi connectivity index (χ1n) is 5.35. The summed E-state index contributed by atoms with van der Waals surface area (Å²) in [6.07, 6.45) is 0. The number of hydrogen-bond acceptors (Lipinski definition) is 6. The van der Waals surface area contributed by atoms with Gasteiger partial charge in [0.25, 0.3) is 0 Å². The molecule has 1 aromatic carbocycles. The summed E-state index contributed by atoms with van der Waals surface area (Å²) in [6.45, 7) is -0.0495. The van der Waals surface area contributed by atoms with Gasteiger partial charge >= 0.3 is 11.9 Å². The zero-order chi connectivity index (χ0) is 13.4. The molecule has 0 aliphatic carbocycles. The first kappa shape index (κ1) is 14.1. The average Bonchev–Trinajstić information content (AvgIpc) is 2.46. The fourth-order valence-electron chi connectivity index (χ4n) is 1.21. The summed E-state index contributed by atoms with van der Waals surface area (Å²) in [5.41, 5.74) is 0.753. The van der Waals surface area contributed by atoms with Crippen molar-refractivity contribution in [3.63, 3.8) is 0 Å². The molecular weight excluding hydrogens is 240 g/mol. The van der Waals surface area contributed by atoms with E-state index in [4.69, 9.17) is 19.7 Å². The number of aliphatic hydroxyl groups is 2. The van der Waals surface area contributed by atoms with Gasteiger partial charge in [-0.1, -0.05) is 6.07 Å². The first-order chi connectivity index (χ1) is 8.69. The van der Waals surface area contributed by atoms with Crippen molar-refractivity contribution in [3.05, 3.63) is 35.4 Å². The van der Waals surface area contributed by atoms with Gasteiger partial charge in [-0.2, -0.15) is 0 Å². The lowest BCUT2D eigenvalue weighted by atomic mass is 10.1. The fourth-order valence-corrected chi connectivity index (χ4v) is 1.21. The molecule has 1 heterocycles. The van der Waals surface area contributed by atoms with E-state index in [9.17, 15) is 9.59 Å². The second-order valence-electron chi connectivity index (χ2n) is 3.30. The summed E-state index contributed by atoms with van der Waals surface area (Å²) < 4.78 is 9.67. The average molecular weight is 254 g/mol. The Morgan fingerprint density at radius 1 is 0.944 bits per heavy atom. The Kier molecular flexibility index (Phi) is 5.83. The Hall–Kier alpha value is -1.92. The van der Waals surface area contributed by atoms with E-state index in [0.717, 1.165) is 0 Å². The van der Waals surface area contributed by atoms with Gasteiger partial charge in [-0.25, -0.2) is 9.59 Å². The van der Waals surface area contributed by atoms with Crippen LogP contribution in [0, 0.1) is 0 Å². The minimum absolute atomic E-state index is 0.100. The van der Waals surface area contributed by atoms with Crippen LogP contribution in [0.25, 0.3) is 0 Å². The van der Waals surface area contributed by atoms with Crippen molar-refractivity contribution >= 4 is 11.9 Å². The van der Waals surface area contributed by atoms with E-state index in [1.807, 2.05) is 0 Å². The van der Waals surface area contributed by atoms with Crippen LogP contribution in [-0.2, 0) is 9.47 Å². The topological polar surface area (TPSA) is 93.1 Å². The molecule has 2 N–H and O–H groups in total. The van der Waals surface area contributed by atoms with Crippen molar-refractivity contribution < 1.29 is 29.3 Å². The molecule has 1 aliphatic heterocycles. The van der Waals surface area contributed by atoms with E-state index in [1.54, 1.807) is 18.2 Å². The van der Waals surface area contributed by atoms with Crippen LogP contribution in [0.5, 0.6) is 0 Å². The number of hydrogen-bond donors (Lipinski definition) is 2. The Balaban J connectivity index is 0.000000357. The SMILES string of the molecule is O=C1OCCOC(=O)c2cccc1c2.OCCO. The van der Waals surface area contributed by atoms with Crippen molar-refractivity contribution in [2.24, 2.45) is 0 Å². The smallest absolute Gasteiger partial charge is 0.338 e. The zero-order valence-corrected chi connectivity index (χ0v) is 9.67. The van der Waals surface area contributed by atoms with Gasteiger partial charge in [0.2, 0.25) is 0 Å². The molecule has 2 bridgehead atoms. The number of carbonyl (C=O) groups is 2. The molecule has 6 nitrogen and oxygen atoms in total. The summed E-state index contributed by atoms with van der Waals surface area (Å²) in [5.74, 6) is -0.852. The molecule has 0 amide bonds. The van der Waals surface area contributed by atoms with E-state index >= 15 is 0 Å². The highest BCUT2D eigenvalue weighted by molar-refractivity contribution is 5.95. The van der Waals surface area contributed by atoms with E-state index in [0.29, 0.717) is 11.1 Å². The van der Waals surface area contributed by atoms with Gasteiger partial charge in [0.15, 0.2) is 0 Å². The first-order valence-corrected chi connectivity index (χ1v) is 5.35. The molecule has 0 fully saturated rings. The molecule has 0 aromatic heterocycles. The number of benzene rings is 1. The maximum absolute atomic E-state index is 11.3. The lowest BCUT2D eigenvalue weighted by molar-refractivity contribution is 0.0277. The Labute approximate surface area is 104 Å².